The highest BCUT2D eigenvalue weighted by Gasteiger charge is 2.48. The summed E-state index contributed by atoms with van der Waals surface area (Å²) < 4.78 is 6.35. The molecular weight excluding hydrogens is 308 g/mol. The Labute approximate surface area is 148 Å². The van der Waals surface area contributed by atoms with Gasteiger partial charge < -0.3 is 4.74 Å². The second-order valence-electron chi connectivity index (χ2n) is 8.11. The average molecular weight is 339 g/mol. The molecule has 3 atom stereocenters. The zero-order chi connectivity index (χ0) is 17.2. The third-order valence-electron chi connectivity index (χ3n) is 5.71. The van der Waals surface area contributed by atoms with E-state index in [9.17, 15) is 0 Å². The number of hydrogen-bond donors (Lipinski definition) is 0. The lowest BCUT2D eigenvalue weighted by Crippen LogP contribution is -2.51. The molecule has 1 heterocycles. The zero-order valence-electron chi connectivity index (χ0n) is 15.4. The molecule has 128 valence electrons. The Hall–Kier alpha value is -1.38. The Bertz CT molecular complexity index is 636. The summed E-state index contributed by atoms with van der Waals surface area (Å²) in [5.41, 5.74) is 2.11. The smallest absolute Gasteiger partial charge is 0.0866 e. The van der Waals surface area contributed by atoms with Crippen molar-refractivity contribution in [1.29, 1.82) is 0 Å². The van der Waals surface area contributed by atoms with Gasteiger partial charge in [-0.05, 0) is 29.4 Å². The molecule has 1 nitrogen and oxygen atoms in total. The molecule has 2 heteroatoms. The van der Waals surface area contributed by atoms with Crippen LogP contribution in [0.25, 0.3) is 0 Å². The third kappa shape index (κ3) is 3.50. The van der Waals surface area contributed by atoms with Crippen molar-refractivity contribution in [2.45, 2.75) is 45.0 Å². The molecule has 24 heavy (non-hydrogen) atoms. The van der Waals surface area contributed by atoms with Crippen LogP contribution in [0.2, 0.25) is 18.6 Å². The molecule has 0 N–H and O–H groups in total. The Morgan fingerprint density at radius 1 is 0.958 bits per heavy atom. The fourth-order valence-corrected chi connectivity index (χ4v) is 8.61. The zero-order valence-corrected chi connectivity index (χ0v) is 16.4. The van der Waals surface area contributed by atoms with Gasteiger partial charge in [-0.2, -0.15) is 0 Å². The van der Waals surface area contributed by atoms with Gasteiger partial charge in [0.25, 0.3) is 0 Å². The van der Waals surface area contributed by atoms with Crippen molar-refractivity contribution in [2.75, 3.05) is 6.61 Å². The molecule has 2 aromatic carbocycles. The predicted octanol–water partition coefficient (Wildman–Crippen LogP) is 4.89. The van der Waals surface area contributed by atoms with Crippen molar-refractivity contribution in [3.63, 3.8) is 0 Å². The first-order valence-electron chi connectivity index (χ1n) is 9.21. The number of rotatable bonds is 5. The summed E-state index contributed by atoms with van der Waals surface area (Å²) in [7, 11) is -1.61. The molecule has 3 rings (SSSR count). The average Bonchev–Trinajstić information content (AvgIpc) is 3.01. The lowest BCUT2D eigenvalue weighted by molar-refractivity contribution is 0.0725. The summed E-state index contributed by atoms with van der Waals surface area (Å²) >= 11 is 0. The fourth-order valence-electron chi connectivity index (χ4n) is 4.48. The number of ether oxygens (including phenoxy) is 1. The predicted molar refractivity (Wildman–Crippen MR) is 106 cm³/mol. The first kappa shape index (κ1) is 17.4. The fraction of sp³-hybridized carbons (Fsp3) is 0.455. The maximum absolute atomic E-state index is 6.35. The number of hydrogen-bond acceptors (Lipinski definition) is 1. The molecule has 1 fully saturated rings. The molecule has 0 aliphatic carbocycles. The van der Waals surface area contributed by atoms with Crippen LogP contribution in [-0.4, -0.2) is 20.8 Å². The third-order valence-corrected chi connectivity index (χ3v) is 10.0. The minimum absolute atomic E-state index is 0.389. The normalized spacial score (nSPS) is 24.5. The summed E-state index contributed by atoms with van der Waals surface area (Å²) in [6, 6.07) is 22.1. The van der Waals surface area contributed by atoms with Gasteiger partial charge in [-0.1, -0.05) is 92.8 Å². The molecule has 2 aromatic rings. The van der Waals surface area contributed by atoms with Gasteiger partial charge >= 0.3 is 0 Å². The van der Waals surface area contributed by atoms with E-state index in [1.54, 1.807) is 5.19 Å². The summed E-state index contributed by atoms with van der Waals surface area (Å²) in [4.78, 5) is 0. The van der Waals surface area contributed by atoms with E-state index in [0.29, 0.717) is 23.5 Å². The minimum Gasteiger partial charge on any atom is -0.378 e. The quantitative estimate of drug-likeness (QED) is 0.706. The lowest BCUT2D eigenvalue weighted by Gasteiger charge is -2.38. The molecule has 0 aromatic heterocycles. The van der Waals surface area contributed by atoms with Crippen LogP contribution < -0.4 is 5.19 Å². The summed E-state index contributed by atoms with van der Waals surface area (Å²) in [5.74, 6) is 1.20. The van der Waals surface area contributed by atoms with Crippen LogP contribution in [-0.2, 0) is 11.2 Å². The van der Waals surface area contributed by atoms with Gasteiger partial charge in [0.05, 0.1) is 20.8 Å². The maximum atomic E-state index is 6.35. The molecular formula is C22H30OSi. The molecule has 1 aliphatic heterocycles. The van der Waals surface area contributed by atoms with E-state index in [4.69, 9.17) is 4.74 Å². The van der Waals surface area contributed by atoms with E-state index < -0.39 is 8.07 Å². The second kappa shape index (κ2) is 7.24. The summed E-state index contributed by atoms with van der Waals surface area (Å²) in [6.07, 6.45) is 1.53. The molecule has 0 amide bonds. The van der Waals surface area contributed by atoms with Gasteiger partial charge in [-0.3, -0.25) is 0 Å². The van der Waals surface area contributed by atoms with E-state index in [0.717, 1.165) is 13.0 Å². The highest BCUT2D eigenvalue weighted by Crippen LogP contribution is 2.44. The highest BCUT2D eigenvalue weighted by atomic mass is 28.3. The highest BCUT2D eigenvalue weighted by molar-refractivity contribution is 6.91. The Morgan fingerprint density at radius 3 is 2.12 bits per heavy atom. The van der Waals surface area contributed by atoms with Crippen molar-refractivity contribution < 1.29 is 4.74 Å². The van der Waals surface area contributed by atoms with Crippen LogP contribution in [0.3, 0.4) is 0 Å². The van der Waals surface area contributed by atoms with Gasteiger partial charge in [0.1, 0.15) is 0 Å². The Balaban J connectivity index is 1.92. The molecule has 0 radical (unpaired) electrons. The van der Waals surface area contributed by atoms with Crippen LogP contribution in [0.4, 0.5) is 0 Å². The van der Waals surface area contributed by atoms with Crippen molar-refractivity contribution in [2.24, 2.45) is 11.8 Å². The minimum atomic E-state index is -1.61. The standard InChI is InChI=1S/C22H30OSi/c1-17(2)21-22(24(3,4)20-13-9-6-10-14-20)19(16-23-21)15-18-11-7-5-8-12-18/h5-14,17,19,21-22H,15-16H2,1-4H3/t19-,21+,22-/m0/s1. The first-order chi connectivity index (χ1) is 11.5. The summed E-state index contributed by atoms with van der Waals surface area (Å²) in [5, 5.41) is 1.56. The monoisotopic (exact) mass is 338 g/mol. The van der Waals surface area contributed by atoms with Crippen LogP contribution >= 0.6 is 0 Å². The van der Waals surface area contributed by atoms with Crippen molar-refractivity contribution in [3.8, 4) is 0 Å². The lowest BCUT2D eigenvalue weighted by atomic mass is 9.92. The molecule has 0 saturated carbocycles. The molecule has 0 bridgehead atoms. The van der Waals surface area contributed by atoms with Gasteiger partial charge in [0.2, 0.25) is 0 Å². The SMILES string of the molecule is CC(C)[C@H]1OC[C@H](Cc2ccccc2)[C@@H]1[Si](C)(C)c1ccccc1. The molecule has 1 aliphatic rings. The molecule has 1 saturated heterocycles. The number of benzene rings is 2. The van der Waals surface area contributed by atoms with Gasteiger partial charge in [0, 0.05) is 0 Å². The van der Waals surface area contributed by atoms with E-state index in [2.05, 4.69) is 87.6 Å². The van der Waals surface area contributed by atoms with Crippen LogP contribution in [0, 0.1) is 11.8 Å². The summed E-state index contributed by atoms with van der Waals surface area (Å²) in [6.45, 7) is 10.6. The van der Waals surface area contributed by atoms with Crippen molar-refractivity contribution in [3.05, 3.63) is 66.2 Å². The van der Waals surface area contributed by atoms with Gasteiger partial charge in [-0.15, -0.1) is 0 Å². The maximum Gasteiger partial charge on any atom is 0.0866 e. The Morgan fingerprint density at radius 2 is 1.54 bits per heavy atom. The topological polar surface area (TPSA) is 9.23 Å². The van der Waals surface area contributed by atoms with Crippen molar-refractivity contribution >= 4 is 13.3 Å². The second-order valence-corrected chi connectivity index (χ2v) is 12.8. The van der Waals surface area contributed by atoms with E-state index in [-0.39, 0.29) is 0 Å². The molecule has 0 unspecified atom stereocenters. The van der Waals surface area contributed by atoms with E-state index >= 15 is 0 Å². The largest absolute Gasteiger partial charge is 0.378 e. The first-order valence-corrected chi connectivity index (χ1v) is 12.3. The van der Waals surface area contributed by atoms with Gasteiger partial charge in [-0.25, -0.2) is 0 Å². The van der Waals surface area contributed by atoms with E-state index in [1.165, 1.54) is 5.56 Å². The van der Waals surface area contributed by atoms with Crippen molar-refractivity contribution in [1.82, 2.24) is 0 Å². The van der Waals surface area contributed by atoms with Crippen LogP contribution in [0.15, 0.2) is 60.7 Å². The Kier molecular flexibility index (Phi) is 5.26. The van der Waals surface area contributed by atoms with Gasteiger partial charge in [0.15, 0.2) is 0 Å². The molecule has 0 spiro atoms. The van der Waals surface area contributed by atoms with Crippen LogP contribution in [0.5, 0.6) is 0 Å². The van der Waals surface area contributed by atoms with E-state index in [1.807, 2.05) is 0 Å². The van der Waals surface area contributed by atoms with Crippen LogP contribution in [0.1, 0.15) is 19.4 Å².